The molecule has 2 aliphatic carbocycles. The summed E-state index contributed by atoms with van der Waals surface area (Å²) in [6.45, 7) is 3.09. The third-order valence-corrected chi connectivity index (χ3v) is 6.19. The minimum absolute atomic E-state index is 0.146. The van der Waals surface area contributed by atoms with Crippen molar-refractivity contribution in [3.63, 3.8) is 0 Å². The number of nitrogens with one attached hydrogen (secondary N) is 1. The second kappa shape index (κ2) is 7.23. The number of carbonyl (C=O) groups is 2. The molecule has 0 bridgehead atoms. The van der Waals surface area contributed by atoms with E-state index in [0.717, 1.165) is 38.5 Å². The minimum atomic E-state index is -0.723. The molecule has 1 aromatic carbocycles. The number of carbonyl (C=O) groups excluding carboxylic acids is 2. The van der Waals surface area contributed by atoms with Gasteiger partial charge in [0, 0.05) is 12.1 Å². The fourth-order valence-corrected chi connectivity index (χ4v) is 4.20. The summed E-state index contributed by atoms with van der Waals surface area (Å²) in [6, 6.07) is 4.89. The Hall–Kier alpha value is -1.95. The normalized spacial score (nSPS) is 30.5. The fraction of sp³-hybridized carbons (Fsp3) is 0.619. The standard InChI is InChI=1S/C21H27FN2O3/c1-14-8-10-21(11-9-14)24(20(26)16-4-6-17(22)7-5-16)18(13-27-21)19(25)23-12-15-2-3-15/h4-7,14-15,18H,2-3,8-13H2,1H3,(H,23,25)/t14?,18-,21?/m1/s1. The lowest BCUT2D eigenvalue weighted by Gasteiger charge is -2.43. The van der Waals surface area contributed by atoms with Gasteiger partial charge in [-0.1, -0.05) is 6.92 Å². The van der Waals surface area contributed by atoms with Crippen LogP contribution in [0.2, 0.25) is 0 Å². The molecule has 2 amide bonds. The van der Waals surface area contributed by atoms with Gasteiger partial charge in [0.25, 0.3) is 5.91 Å². The van der Waals surface area contributed by atoms with Crippen LogP contribution in [-0.4, -0.2) is 41.6 Å². The highest BCUT2D eigenvalue weighted by molar-refractivity contribution is 5.98. The van der Waals surface area contributed by atoms with E-state index in [1.54, 1.807) is 4.90 Å². The van der Waals surface area contributed by atoms with Gasteiger partial charge in [-0.25, -0.2) is 4.39 Å². The van der Waals surface area contributed by atoms with Gasteiger partial charge in [0.2, 0.25) is 5.91 Å². The van der Waals surface area contributed by atoms with E-state index in [1.165, 1.54) is 24.3 Å². The van der Waals surface area contributed by atoms with Crippen LogP contribution < -0.4 is 5.32 Å². The van der Waals surface area contributed by atoms with Crippen molar-refractivity contribution in [3.8, 4) is 0 Å². The van der Waals surface area contributed by atoms with Crippen LogP contribution >= 0.6 is 0 Å². The van der Waals surface area contributed by atoms with Crippen LogP contribution in [0.15, 0.2) is 24.3 Å². The van der Waals surface area contributed by atoms with Gasteiger partial charge < -0.3 is 10.1 Å². The van der Waals surface area contributed by atoms with Crippen molar-refractivity contribution in [2.24, 2.45) is 11.8 Å². The molecule has 1 N–H and O–H groups in total. The number of hydrogen-bond acceptors (Lipinski definition) is 3. The van der Waals surface area contributed by atoms with E-state index in [0.29, 0.717) is 23.9 Å². The summed E-state index contributed by atoms with van der Waals surface area (Å²) < 4.78 is 19.4. The number of hydrogen-bond donors (Lipinski definition) is 1. The predicted molar refractivity (Wildman–Crippen MR) is 98.4 cm³/mol. The van der Waals surface area contributed by atoms with E-state index in [9.17, 15) is 14.0 Å². The molecule has 3 aliphatic rings. The van der Waals surface area contributed by atoms with E-state index in [4.69, 9.17) is 4.74 Å². The lowest BCUT2D eigenvalue weighted by Crippen LogP contribution is -2.57. The molecule has 0 unspecified atom stereocenters. The first kappa shape index (κ1) is 18.4. The predicted octanol–water partition coefficient (Wildman–Crippen LogP) is 3.10. The summed E-state index contributed by atoms with van der Waals surface area (Å²) in [4.78, 5) is 27.8. The number of halogens is 1. The van der Waals surface area contributed by atoms with E-state index >= 15 is 0 Å². The van der Waals surface area contributed by atoms with Crippen molar-refractivity contribution >= 4 is 11.8 Å². The van der Waals surface area contributed by atoms with Gasteiger partial charge in [0.15, 0.2) is 0 Å². The Morgan fingerprint density at radius 2 is 1.85 bits per heavy atom. The van der Waals surface area contributed by atoms with Gasteiger partial charge in [-0.3, -0.25) is 14.5 Å². The van der Waals surface area contributed by atoms with Crippen molar-refractivity contribution in [2.75, 3.05) is 13.2 Å². The molecule has 1 heterocycles. The summed E-state index contributed by atoms with van der Waals surface area (Å²) in [6.07, 6.45) is 5.69. The Labute approximate surface area is 159 Å². The van der Waals surface area contributed by atoms with Crippen LogP contribution in [0.4, 0.5) is 4.39 Å². The number of amides is 2. The van der Waals surface area contributed by atoms with Gasteiger partial charge in [-0.2, -0.15) is 0 Å². The monoisotopic (exact) mass is 374 g/mol. The first-order valence-electron chi connectivity index (χ1n) is 9.99. The van der Waals surface area contributed by atoms with Gasteiger partial charge in [-0.05, 0) is 74.6 Å². The Bertz CT molecular complexity index is 709. The minimum Gasteiger partial charge on any atom is -0.354 e. The second-order valence-corrected chi connectivity index (χ2v) is 8.33. The maximum atomic E-state index is 13.3. The van der Waals surface area contributed by atoms with Crippen molar-refractivity contribution in [1.29, 1.82) is 0 Å². The number of rotatable bonds is 4. The topological polar surface area (TPSA) is 58.6 Å². The molecule has 1 spiro atoms. The smallest absolute Gasteiger partial charge is 0.256 e. The molecule has 2 saturated carbocycles. The molecular weight excluding hydrogens is 347 g/mol. The van der Waals surface area contributed by atoms with Gasteiger partial charge in [0.05, 0.1) is 6.61 Å². The van der Waals surface area contributed by atoms with Crippen molar-refractivity contribution in [2.45, 2.75) is 57.2 Å². The summed E-state index contributed by atoms with van der Waals surface area (Å²) in [5, 5.41) is 2.99. The van der Waals surface area contributed by atoms with E-state index in [1.807, 2.05) is 0 Å². The summed E-state index contributed by atoms with van der Waals surface area (Å²) in [5.41, 5.74) is -0.334. The van der Waals surface area contributed by atoms with Crippen molar-refractivity contribution < 1.29 is 18.7 Å². The van der Waals surface area contributed by atoms with Crippen LogP contribution in [0, 0.1) is 17.7 Å². The van der Waals surface area contributed by atoms with E-state index in [-0.39, 0.29) is 24.2 Å². The highest BCUT2D eigenvalue weighted by atomic mass is 19.1. The highest BCUT2D eigenvalue weighted by Gasteiger charge is 2.53. The zero-order valence-electron chi connectivity index (χ0n) is 15.7. The van der Waals surface area contributed by atoms with Gasteiger partial charge >= 0.3 is 0 Å². The summed E-state index contributed by atoms with van der Waals surface area (Å²) in [5.74, 6) is 0.373. The Morgan fingerprint density at radius 3 is 2.48 bits per heavy atom. The Kier molecular flexibility index (Phi) is 4.93. The SMILES string of the molecule is CC1CCC2(CC1)OC[C@H](C(=O)NCC1CC1)N2C(=O)c1ccc(F)cc1. The first-order chi connectivity index (χ1) is 13.0. The molecule has 4 rings (SSSR count). The molecule has 1 aliphatic heterocycles. The molecule has 1 atom stereocenters. The largest absolute Gasteiger partial charge is 0.354 e. The second-order valence-electron chi connectivity index (χ2n) is 8.33. The third-order valence-electron chi connectivity index (χ3n) is 6.19. The van der Waals surface area contributed by atoms with Crippen LogP contribution in [0.1, 0.15) is 55.8 Å². The van der Waals surface area contributed by atoms with Crippen LogP contribution in [0.5, 0.6) is 0 Å². The maximum Gasteiger partial charge on any atom is 0.256 e. The number of benzene rings is 1. The average Bonchev–Trinajstić information content (AvgIpc) is 3.43. The molecule has 146 valence electrons. The number of nitrogens with zero attached hydrogens (tertiary/aromatic N) is 1. The molecule has 3 fully saturated rings. The van der Waals surface area contributed by atoms with E-state index < -0.39 is 11.8 Å². The highest BCUT2D eigenvalue weighted by Crippen LogP contribution is 2.43. The summed E-state index contributed by atoms with van der Waals surface area (Å²) >= 11 is 0. The lowest BCUT2D eigenvalue weighted by atomic mass is 9.83. The fourth-order valence-electron chi connectivity index (χ4n) is 4.20. The van der Waals surface area contributed by atoms with E-state index in [2.05, 4.69) is 12.2 Å². The lowest BCUT2D eigenvalue weighted by molar-refractivity contribution is -0.127. The molecule has 1 saturated heterocycles. The molecule has 0 radical (unpaired) electrons. The molecule has 0 aromatic heterocycles. The average molecular weight is 374 g/mol. The Morgan fingerprint density at radius 1 is 1.19 bits per heavy atom. The molecule has 27 heavy (non-hydrogen) atoms. The molecule has 6 heteroatoms. The quantitative estimate of drug-likeness (QED) is 0.881. The summed E-state index contributed by atoms with van der Waals surface area (Å²) in [7, 11) is 0. The first-order valence-corrected chi connectivity index (χ1v) is 9.99. The molecule has 1 aromatic rings. The van der Waals surface area contributed by atoms with Crippen molar-refractivity contribution in [3.05, 3.63) is 35.6 Å². The third kappa shape index (κ3) is 3.72. The number of ether oxygens (including phenoxy) is 1. The Balaban J connectivity index is 1.59. The van der Waals surface area contributed by atoms with Crippen LogP contribution in [0.25, 0.3) is 0 Å². The van der Waals surface area contributed by atoms with Crippen molar-refractivity contribution in [1.82, 2.24) is 10.2 Å². The zero-order valence-corrected chi connectivity index (χ0v) is 15.7. The molecule has 5 nitrogen and oxygen atoms in total. The maximum absolute atomic E-state index is 13.3. The zero-order chi connectivity index (χ0) is 19.0. The van der Waals surface area contributed by atoms with Crippen LogP contribution in [0.3, 0.4) is 0 Å². The van der Waals surface area contributed by atoms with Crippen LogP contribution in [-0.2, 0) is 9.53 Å². The van der Waals surface area contributed by atoms with Gasteiger partial charge in [-0.15, -0.1) is 0 Å². The van der Waals surface area contributed by atoms with Gasteiger partial charge in [0.1, 0.15) is 17.6 Å². The molecular formula is C21H27FN2O3.